The number of aryl methyl sites for hydroxylation is 1. The first-order chi connectivity index (χ1) is 13.4. The lowest BCUT2D eigenvalue weighted by molar-refractivity contribution is -0.125. The Labute approximate surface area is 169 Å². The van der Waals surface area contributed by atoms with Gasteiger partial charge in [0, 0.05) is 0 Å². The van der Waals surface area contributed by atoms with Crippen LogP contribution in [0.1, 0.15) is 40.9 Å². The Morgan fingerprint density at radius 3 is 2.36 bits per heavy atom. The first-order valence-corrected chi connectivity index (χ1v) is 9.22. The van der Waals surface area contributed by atoms with Crippen LogP contribution in [0.2, 0.25) is 5.02 Å². The van der Waals surface area contributed by atoms with Gasteiger partial charge in [0.15, 0.2) is 18.1 Å². The van der Waals surface area contributed by atoms with Crippen LogP contribution < -0.4 is 14.8 Å². The highest BCUT2D eigenvalue weighted by atomic mass is 35.5. The third kappa shape index (κ3) is 5.39. The van der Waals surface area contributed by atoms with E-state index in [-0.39, 0.29) is 22.5 Å². The Balaban J connectivity index is 1.99. The fraction of sp³-hybridized carbons (Fsp3) is 0.333. The summed E-state index contributed by atoms with van der Waals surface area (Å²) in [5.74, 6) is -0.437. The molecule has 0 aromatic heterocycles. The molecule has 150 valence electrons. The molecule has 7 heteroatoms. The fourth-order valence-corrected chi connectivity index (χ4v) is 2.99. The van der Waals surface area contributed by atoms with Crippen LogP contribution in [0, 0.1) is 6.92 Å². The minimum Gasteiger partial charge on any atom is -0.493 e. The third-order valence-corrected chi connectivity index (χ3v) is 4.51. The summed E-state index contributed by atoms with van der Waals surface area (Å²) in [7, 11) is 2.89. The van der Waals surface area contributed by atoms with Crippen LogP contribution in [0.5, 0.6) is 11.5 Å². The molecule has 28 heavy (non-hydrogen) atoms. The summed E-state index contributed by atoms with van der Waals surface area (Å²) < 4.78 is 15.4. The highest BCUT2D eigenvalue weighted by Gasteiger charge is 2.18. The van der Waals surface area contributed by atoms with Crippen LogP contribution in [-0.2, 0) is 9.53 Å². The molecule has 0 aliphatic rings. The maximum absolute atomic E-state index is 12.3. The van der Waals surface area contributed by atoms with E-state index >= 15 is 0 Å². The maximum Gasteiger partial charge on any atom is 0.338 e. The van der Waals surface area contributed by atoms with Gasteiger partial charge in [0.2, 0.25) is 0 Å². The molecule has 1 atom stereocenters. The maximum atomic E-state index is 12.3. The summed E-state index contributed by atoms with van der Waals surface area (Å²) in [5, 5.41) is 3.09. The quantitative estimate of drug-likeness (QED) is 0.669. The third-order valence-electron chi connectivity index (χ3n) is 4.23. The molecule has 0 aliphatic heterocycles. The summed E-state index contributed by atoms with van der Waals surface area (Å²) in [6.07, 6.45) is 0.716. The van der Waals surface area contributed by atoms with Gasteiger partial charge in [0.05, 0.1) is 30.8 Å². The minimum absolute atomic E-state index is 0.151. The van der Waals surface area contributed by atoms with Crippen molar-refractivity contribution in [2.75, 3.05) is 20.8 Å². The summed E-state index contributed by atoms with van der Waals surface area (Å²) >= 11 is 6.09. The molecule has 0 heterocycles. The SMILES string of the molecule is CC[C@H](NC(=O)COC(=O)c1cc(Cl)c(OC)c(OC)c1)c1ccc(C)cc1. The number of amides is 1. The molecule has 0 radical (unpaired) electrons. The number of benzene rings is 2. The lowest BCUT2D eigenvalue weighted by atomic mass is 10.0. The molecular formula is C21H24ClNO5. The van der Waals surface area contributed by atoms with E-state index in [1.54, 1.807) is 0 Å². The number of ether oxygens (including phenoxy) is 3. The molecule has 0 bridgehead atoms. The molecule has 0 spiro atoms. The Kier molecular flexibility index (Phi) is 7.70. The fourth-order valence-electron chi connectivity index (χ4n) is 2.71. The second-order valence-corrected chi connectivity index (χ2v) is 6.62. The number of esters is 1. The normalized spacial score (nSPS) is 11.5. The molecule has 2 aromatic carbocycles. The molecule has 0 fully saturated rings. The summed E-state index contributed by atoms with van der Waals surface area (Å²) in [6.45, 7) is 3.58. The summed E-state index contributed by atoms with van der Waals surface area (Å²) in [6, 6.07) is 10.6. The van der Waals surface area contributed by atoms with Crippen molar-refractivity contribution < 1.29 is 23.8 Å². The van der Waals surface area contributed by atoms with Crippen molar-refractivity contribution in [2.45, 2.75) is 26.3 Å². The van der Waals surface area contributed by atoms with E-state index in [9.17, 15) is 9.59 Å². The van der Waals surface area contributed by atoms with Crippen molar-refractivity contribution in [3.8, 4) is 11.5 Å². The van der Waals surface area contributed by atoms with Crippen molar-refractivity contribution in [3.05, 3.63) is 58.1 Å². The summed E-state index contributed by atoms with van der Waals surface area (Å²) in [5.41, 5.74) is 2.31. The van der Waals surface area contributed by atoms with E-state index in [1.165, 1.54) is 26.4 Å². The number of rotatable bonds is 8. The smallest absolute Gasteiger partial charge is 0.338 e. The lowest BCUT2D eigenvalue weighted by Gasteiger charge is -2.18. The van der Waals surface area contributed by atoms with Gasteiger partial charge in [-0.1, -0.05) is 48.4 Å². The van der Waals surface area contributed by atoms with Crippen molar-refractivity contribution in [2.24, 2.45) is 0 Å². The average Bonchev–Trinajstić information content (AvgIpc) is 2.70. The van der Waals surface area contributed by atoms with Crippen molar-refractivity contribution in [1.29, 1.82) is 0 Å². The number of hydrogen-bond donors (Lipinski definition) is 1. The van der Waals surface area contributed by atoms with Gasteiger partial charge in [0.25, 0.3) is 5.91 Å². The van der Waals surface area contributed by atoms with Gasteiger partial charge in [-0.15, -0.1) is 0 Å². The van der Waals surface area contributed by atoms with Crippen molar-refractivity contribution in [1.82, 2.24) is 5.32 Å². The van der Waals surface area contributed by atoms with Gasteiger partial charge >= 0.3 is 5.97 Å². The second-order valence-electron chi connectivity index (χ2n) is 6.21. The standard InChI is InChI=1S/C21H24ClNO5/c1-5-17(14-8-6-13(2)7-9-14)23-19(24)12-28-21(25)15-10-16(22)20(27-4)18(11-15)26-3/h6-11,17H,5,12H2,1-4H3,(H,23,24)/t17-/m0/s1. The predicted octanol–water partition coefficient (Wildman–Crippen LogP) is 4.09. The van der Waals surface area contributed by atoms with Crippen molar-refractivity contribution in [3.63, 3.8) is 0 Å². The Hall–Kier alpha value is -2.73. The number of methoxy groups -OCH3 is 2. The van der Waals surface area contributed by atoms with E-state index in [1.807, 2.05) is 38.1 Å². The first kappa shape index (κ1) is 21.6. The Morgan fingerprint density at radius 1 is 1.11 bits per heavy atom. The second kappa shape index (κ2) is 9.99. The van der Waals surface area contributed by atoms with Gasteiger partial charge < -0.3 is 19.5 Å². The monoisotopic (exact) mass is 405 g/mol. The number of hydrogen-bond acceptors (Lipinski definition) is 5. The van der Waals surface area contributed by atoms with Crippen LogP contribution >= 0.6 is 11.6 Å². The van der Waals surface area contributed by atoms with E-state index in [2.05, 4.69) is 5.32 Å². The van der Waals surface area contributed by atoms with E-state index in [0.717, 1.165) is 11.1 Å². The van der Waals surface area contributed by atoms with Gasteiger partial charge in [-0.05, 0) is 31.0 Å². The largest absolute Gasteiger partial charge is 0.493 e. The first-order valence-electron chi connectivity index (χ1n) is 8.84. The van der Waals surface area contributed by atoms with E-state index < -0.39 is 12.6 Å². The summed E-state index contributed by atoms with van der Waals surface area (Å²) in [4.78, 5) is 24.5. The number of carbonyl (C=O) groups is 2. The highest BCUT2D eigenvalue weighted by molar-refractivity contribution is 6.32. The van der Waals surface area contributed by atoms with Crippen LogP contribution in [0.3, 0.4) is 0 Å². The van der Waals surface area contributed by atoms with Gasteiger partial charge in [-0.2, -0.15) is 0 Å². The molecule has 0 aliphatic carbocycles. The van der Waals surface area contributed by atoms with Gasteiger partial charge in [0.1, 0.15) is 0 Å². The lowest BCUT2D eigenvalue weighted by Crippen LogP contribution is -2.32. The van der Waals surface area contributed by atoms with Crippen LogP contribution in [0.15, 0.2) is 36.4 Å². The molecule has 0 saturated carbocycles. The zero-order valence-electron chi connectivity index (χ0n) is 16.4. The zero-order valence-corrected chi connectivity index (χ0v) is 17.1. The van der Waals surface area contributed by atoms with Crippen molar-refractivity contribution >= 4 is 23.5 Å². The van der Waals surface area contributed by atoms with E-state index in [0.29, 0.717) is 17.9 Å². The molecule has 1 N–H and O–H groups in total. The molecule has 1 amide bonds. The number of nitrogens with one attached hydrogen (secondary N) is 1. The Bertz CT molecular complexity index is 835. The molecule has 2 rings (SSSR count). The van der Waals surface area contributed by atoms with Gasteiger partial charge in [-0.25, -0.2) is 4.79 Å². The van der Waals surface area contributed by atoms with Crippen LogP contribution in [0.4, 0.5) is 0 Å². The number of carbonyl (C=O) groups excluding carboxylic acids is 2. The zero-order chi connectivity index (χ0) is 20.7. The molecule has 0 unspecified atom stereocenters. The number of halogens is 1. The average molecular weight is 406 g/mol. The van der Waals surface area contributed by atoms with E-state index in [4.69, 9.17) is 25.8 Å². The Morgan fingerprint density at radius 2 is 1.79 bits per heavy atom. The highest BCUT2D eigenvalue weighted by Crippen LogP contribution is 2.36. The molecule has 6 nitrogen and oxygen atoms in total. The minimum atomic E-state index is -0.679. The van der Waals surface area contributed by atoms with Gasteiger partial charge in [-0.3, -0.25) is 4.79 Å². The topological polar surface area (TPSA) is 73.9 Å². The van der Waals surface area contributed by atoms with Crippen LogP contribution in [0.25, 0.3) is 0 Å². The molecular weight excluding hydrogens is 382 g/mol. The molecule has 0 saturated heterocycles. The predicted molar refractivity (Wildman–Crippen MR) is 107 cm³/mol. The van der Waals surface area contributed by atoms with Crippen LogP contribution in [-0.4, -0.2) is 32.7 Å². The molecule has 2 aromatic rings.